The number of aromatic nitrogens is 1. The summed E-state index contributed by atoms with van der Waals surface area (Å²) in [6.07, 6.45) is 0. The molecule has 0 saturated carbocycles. The van der Waals surface area contributed by atoms with E-state index in [0.717, 1.165) is 16.3 Å². The lowest BCUT2D eigenvalue weighted by Crippen LogP contribution is -2.26. The number of para-hydroxylation sites is 2. The first-order valence-electron chi connectivity index (χ1n) is 7.53. The molecule has 24 heavy (non-hydrogen) atoms. The van der Waals surface area contributed by atoms with Crippen molar-refractivity contribution in [3.63, 3.8) is 0 Å². The zero-order chi connectivity index (χ0) is 16.3. The van der Waals surface area contributed by atoms with Crippen LogP contribution in [0.4, 0.5) is 5.69 Å². The predicted octanol–water partition coefficient (Wildman–Crippen LogP) is 3.69. The second-order valence-corrected chi connectivity index (χ2v) is 7.55. The van der Waals surface area contributed by atoms with E-state index in [1.807, 2.05) is 48.5 Å². The van der Waals surface area contributed by atoms with Crippen molar-refractivity contribution in [1.29, 1.82) is 0 Å². The fourth-order valence-electron chi connectivity index (χ4n) is 3.24. The molecule has 0 spiro atoms. The van der Waals surface area contributed by atoms with Crippen LogP contribution in [0.1, 0.15) is 5.89 Å². The maximum absolute atomic E-state index is 12.9. The molecule has 0 saturated heterocycles. The Balaban J connectivity index is 1.68. The highest BCUT2D eigenvalue weighted by Gasteiger charge is 2.36. The van der Waals surface area contributed by atoms with E-state index in [4.69, 9.17) is 4.42 Å². The lowest BCUT2D eigenvalue weighted by molar-refractivity contribution is 0.528. The van der Waals surface area contributed by atoms with Crippen molar-refractivity contribution in [2.75, 3.05) is 4.31 Å². The molecule has 0 fully saturated rings. The van der Waals surface area contributed by atoms with Gasteiger partial charge < -0.3 is 4.42 Å². The summed E-state index contributed by atoms with van der Waals surface area (Å²) in [6.45, 7) is 0.0742. The van der Waals surface area contributed by atoms with E-state index < -0.39 is 10.0 Å². The number of hydrogen-bond acceptors (Lipinski definition) is 4. The lowest BCUT2D eigenvalue weighted by atomic mass is 10.1. The van der Waals surface area contributed by atoms with Gasteiger partial charge in [-0.3, -0.25) is 4.31 Å². The van der Waals surface area contributed by atoms with Crippen LogP contribution in [0.15, 0.2) is 70.0 Å². The minimum Gasteiger partial charge on any atom is -0.439 e. The van der Waals surface area contributed by atoms with Gasteiger partial charge in [-0.15, -0.1) is 0 Å². The summed E-state index contributed by atoms with van der Waals surface area (Å²) in [7, 11) is -3.60. The first-order valence-corrected chi connectivity index (χ1v) is 8.97. The van der Waals surface area contributed by atoms with Gasteiger partial charge in [-0.1, -0.05) is 36.4 Å². The quantitative estimate of drug-likeness (QED) is 0.560. The Hall–Kier alpha value is -2.86. The number of benzene rings is 3. The molecule has 6 heteroatoms. The number of oxazole rings is 1. The fourth-order valence-corrected chi connectivity index (χ4v) is 4.90. The Morgan fingerprint density at radius 3 is 2.58 bits per heavy atom. The number of nitrogens with zero attached hydrogens (tertiary/aromatic N) is 2. The molecule has 0 amide bonds. The first kappa shape index (κ1) is 13.6. The number of sulfonamides is 1. The third-order valence-corrected chi connectivity index (χ3v) is 6.10. The average molecular weight is 336 g/mol. The van der Waals surface area contributed by atoms with Crippen molar-refractivity contribution in [3.8, 4) is 0 Å². The zero-order valence-electron chi connectivity index (χ0n) is 12.5. The maximum atomic E-state index is 12.9. The molecule has 3 aromatic carbocycles. The summed E-state index contributed by atoms with van der Waals surface area (Å²) >= 11 is 0. The highest BCUT2D eigenvalue weighted by Crippen LogP contribution is 2.42. The van der Waals surface area contributed by atoms with Gasteiger partial charge in [0.2, 0.25) is 5.89 Å². The molecule has 0 atom stereocenters. The Morgan fingerprint density at radius 2 is 1.75 bits per heavy atom. The average Bonchev–Trinajstić information content (AvgIpc) is 3.09. The third-order valence-electron chi connectivity index (χ3n) is 4.30. The van der Waals surface area contributed by atoms with Crippen LogP contribution >= 0.6 is 0 Å². The van der Waals surface area contributed by atoms with E-state index in [-0.39, 0.29) is 6.54 Å². The van der Waals surface area contributed by atoms with Crippen LogP contribution in [0.5, 0.6) is 0 Å². The summed E-state index contributed by atoms with van der Waals surface area (Å²) in [4.78, 5) is 4.74. The summed E-state index contributed by atoms with van der Waals surface area (Å²) in [5, 5.41) is 1.67. The zero-order valence-corrected chi connectivity index (χ0v) is 13.3. The van der Waals surface area contributed by atoms with Crippen molar-refractivity contribution in [1.82, 2.24) is 4.98 Å². The van der Waals surface area contributed by atoms with Crippen LogP contribution in [0.25, 0.3) is 21.9 Å². The molecule has 0 radical (unpaired) electrons. The van der Waals surface area contributed by atoms with Crippen molar-refractivity contribution < 1.29 is 12.8 Å². The molecule has 5 rings (SSSR count). The molecule has 118 valence electrons. The molecular weight excluding hydrogens is 324 g/mol. The van der Waals surface area contributed by atoms with Crippen LogP contribution in [0.2, 0.25) is 0 Å². The predicted molar refractivity (Wildman–Crippen MR) is 91.3 cm³/mol. The maximum Gasteiger partial charge on any atom is 0.265 e. The van der Waals surface area contributed by atoms with E-state index in [2.05, 4.69) is 4.98 Å². The third kappa shape index (κ3) is 1.74. The molecule has 0 aliphatic carbocycles. The monoisotopic (exact) mass is 336 g/mol. The van der Waals surface area contributed by atoms with Crippen LogP contribution in [-0.4, -0.2) is 13.4 Å². The summed E-state index contributed by atoms with van der Waals surface area (Å²) in [6, 6.07) is 18.3. The molecular formula is C18H12N2O3S. The van der Waals surface area contributed by atoms with Crippen LogP contribution in [0, 0.1) is 0 Å². The fraction of sp³-hybridized carbons (Fsp3) is 0.0556. The normalized spacial score (nSPS) is 15.4. The van der Waals surface area contributed by atoms with E-state index in [0.29, 0.717) is 22.1 Å². The van der Waals surface area contributed by atoms with E-state index in [9.17, 15) is 8.42 Å². The molecule has 0 unspecified atom stereocenters. The number of rotatable bonds is 2. The Morgan fingerprint density at radius 1 is 0.958 bits per heavy atom. The summed E-state index contributed by atoms with van der Waals surface area (Å²) in [5.41, 5.74) is 2.05. The van der Waals surface area contributed by atoms with Gasteiger partial charge in [-0.25, -0.2) is 13.4 Å². The molecule has 4 aromatic rings. The number of hydrogen-bond donors (Lipinski definition) is 0. The minimum atomic E-state index is -3.60. The molecule has 0 bridgehead atoms. The largest absolute Gasteiger partial charge is 0.439 e. The molecule has 1 aliphatic heterocycles. The Kier molecular flexibility index (Phi) is 2.59. The van der Waals surface area contributed by atoms with Crippen molar-refractivity contribution in [3.05, 3.63) is 66.6 Å². The summed E-state index contributed by atoms with van der Waals surface area (Å²) < 4.78 is 33.0. The van der Waals surface area contributed by atoms with Crippen molar-refractivity contribution in [2.24, 2.45) is 0 Å². The number of anilines is 1. The summed E-state index contributed by atoms with van der Waals surface area (Å²) in [5.74, 6) is 0.379. The van der Waals surface area contributed by atoms with Gasteiger partial charge in [-0.2, -0.15) is 0 Å². The smallest absolute Gasteiger partial charge is 0.265 e. The van der Waals surface area contributed by atoms with Gasteiger partial charge in [0.05, 0.1) is 10.6 Å². The molecule has 2 heterocycles. The van der Waals surface area contributed by atoms with Crippen LogP contribution in [0.3, 0.4) is 0 Å². The van der Waals surface area contributed by atoms with Gasteiger partial charge in [-0.05, 0) is 29.7 Å². The lowest BCUT2D eigenvalue weighted by Gasteiger charge is -2.16. The standard InChI is InChI=1S/C18H12N2O3S/c21-24(22)16-10-4-6-12-5-3-8-14(18(12)16)20(24)11-17-19-13-7-1-2-9-15(13)23-17/h1-10H,11H2. The molecule has 1 aromatic heterocycles. The highest BCUT2D eigenvalue weighted by atomic mass is 32.2. The highest BCUT2D eigenvalue weighted by molar-refractivity contribution is 7.93. The minimum absolute atomic E-state index is 0.0742. The second kappa shape index (κ2) is 4.58. The first-order chi connectivity index (χ1) is 11.6. The van der Waals surface area contributed by atoms with E-state index in [1.54, 1.807) is 12.1 Å². The van der Waals surface area contributed by atoms with Crippen molar-refractivity contribution in [2.45, 2.75) is 11.4 Å². The van der Waals surface area contributed by atoms with Crippen molar-refractivity contribution >= 4 is 37.6 Å². The topological polar surface area (TPSA) is 63.4 Å². The molecule has 5 nitrogen and oxygen atoms in total. The second-order valence-electron chi connectivity index (χ2n) is 5.72. The van der Waals surface area contributed by atoms with E-state index >= 15 is 0 Å². The Bertz CT molecular complexity index is 1170. The van der Waals surface area contributed by atoms with Gasteiger partial charge in [0, 0.05) is 5.39 Å². The van der Waals surface area contributed by atoms with Crippen LogP contribution in [-0.2, 0) is 16.6 Å². The SMILES string of the molecule is O=S1(=O)c2cccc3cccc(c23)N1Cc1nc2ccccc2o1. The molecule has 1 aliphatic rings. The number of fused-ring (bicyclic) bond motifs is 1. The van der Waals surface area contributed by atoms with Gasteiger partial charge in [0.1, 0.15) is 12.1 Å². The van der Waals surface area contributed by atoms with Gasteiger partial charge >= 0.3 is 0 Å². The van der Waals surface area contributed by atoms with Crippen LogP contribution < -0.4 is 4.31 Å². The van der Waals surface area contributed by atoms with Gasteiger partial charge in [0.25, 0.3) is 10.0 Å². The van der Waals surface area contributed by atoms with E-state index in [1.165, 1.54) is 4.31 Å². The Labute approximate surface area is 138 Å². The van der Waals surface area contributed by atoms with Gasteiger partial charge in [0.15, 0.2) is 5.58 Å². The molecule has 0 N–H and O–H groups in total.